The summed E-state index contributed by atoms with van der Waals surface area (Å²) < 4.78 is 2.15. The summed E-state index contributed by atoms with van der Waals surface area (Å²) >= 11 is 0. The van der Waals surface area contributed by atoms with Crippen LogP contribution in [0.2, 0.25) is 0 Å². The number of carbonyl (C=O) groups is 1. The lowest BCUT2D eigenvalue weighted by atomic mass is 10.2. The number of hydrogen-bond acceptors (Lipinski definition) is 4. The first-order chi connectivity index (χ1) is 11.7. The number of aryl methyl sites for hydroxylation is 1. The molecular formula is C17H24N6O. The van der Waals surface area contributed by atoms with Crippen LogP contribution in [0.25, 0.3) is 0 Å². The maximum Gasteiger partial charge on any atom is 0.318 e. The van der Waals surface area contributed by atoms with Crippen molar-refractivity contribution in [3.8, 4) is 0 Å². The first-order valence-electron chi connectivity index (χ1n) is 8.49. The number of rotatable bonds is 4. The zero-order valence-corrected chi connectivity index (χ0v) is 14.3. The number of pyridine rings is 1. The molecule has 1 N–H and O–H groups in total. The lowest BCUT2D eigenvalue weighted by molar-refractivity contribution is 0.192. The molecule has 1 aliphatic rings. The Morgan fingerprint density at radius 2 is 2.21 bits per heavy atom. The molecular weight excluding hydrogens is 304 g/mol. The molecule has 24 heavy (non-hydrogen) atoms. The van der Waals surface area contributed by atoms with E-state index in [4.69, 9.17) is 0 Å². The molecule has 7 nitrogen and oxygen atoms in total. The predicted octanol–water partition coefficient (Wildman–Crippen LogP) is 2.30. The van der Waals surface area contributed by atoms with E-state index in [1.165, 1.54) is 6.42 Å². The lowest BCUT2D eigenvalue weighted by Gasteiger charge is -2.24. The van der Waals surface area contributed by atoms with Gasteiger partial charge in [0.25, 0.3) is 0 Å². The number of carbonyl (C=O) groups excluding carboxylic acids is 1. The third kappa shape index (κ3) is 3.55. The molecule has 3 rings (SSSR count). The van der Waals surface area contributed by atoms with Crippen LogP contribution >= 0.6 is 0 Å². The van der Waals surface area contributed by atoms with E-state index >= 15 is 0 Å². The van der Waals surface area contributed by atoms with Crippen molar-refractivity contribution in [2.75, 3.05) is 7.05 Å². The highest BCUT2D eigenvalue weighted by Crippen LogP contribution is 2.17. The molecule has 0 saturated carbocycles. The average molecular weight is 328 g/mol. The Balaban J connectivity index is 1.60. The summed E-state index contributed by atoms with van der Waals surface area (Å²) in [6.07, 6.45) is 6.23. The molecule has 0 saturated heterocycles. The molecule has 0 fully saturated rings. The number of amides is 2. The first kappa shape index (κ1) is 16.4. The van der Waals surface area contributed by atoms with Crippen LogP contribution in [0, 0.1) is 0 Å². The maximum atomic E-state index is 12.4. The molecule has 2 aromatic heterocycles. The van der Waals surface area contributed by atoms with Gasteiger partial charge in [0, 0.05) is 26.2 Å². The van der Waals surface area contributed by atoms with Gasteiger partial charge in [0.2, 0.25) is 0 Å². The number of urea groups is 1. The smallest absolute Gasteiger partial charge is 0.318 e. The Labute approximate surface area is 142 Å². The quantitative estimate of drug-likeness (QED) is 0.934. The Morgan fingerprint density at radius 3 is 3.00 bits per heavy atom. The van der Waals surface area contributed by atoms with E-state index in [1.54, 1.807) is 18.1 Å². The van der Waals surface area contributed by atoms with Crippen molar-refractivity contribution in [3.63, 3.8) is 0 Å². The van der Waals surface area contributed by atoms with E-state index in [2.05, 4.69) is 25.1 Å². The fourth-order valence-electron chi connectivity index (χ4n) is 2.95. The van der Waals surface area contributed by atoms with Crippen molar-refractivity contribution in [3.05, 3.63) is 41.7 Å². The summed E-state index contributed by atoms with van der Waals surface area (Å²) in [5, 5.41) is 11.4. The maximum absolute atomic E-state index is 12.4. The van der Waals surface area contributed by atoms with Gasteiger partial charge in [-0.05, 0) is 31.9 Å². The second-order valence-corrected chi connectivity index (χ2v) is 6.19. The Hall–Kier alpha value is -2.44. The number of nitrogens with zero attached hydrogens (tertiary/aromatic N) is 5. The van der Waals surface area contributed by atoms with E-state index in [1.807, 2.05) is 25.1 Å². The Bertz CT molecular complexity index is 684. The van der Waals surface area contributed by atoms with Crippen molar-refractivity contribution in [2.24, 2.45) is 0 Å². The second-order valence-electron chi connectivity index (χ2n) is 6.19. The molecule has 1 unspecified atom stereocenters. The van der Waals surface area contributed by atoms with Crippen LogP contribution in [0.1, 0.15) is 49.6 Å². The topological polar surface area (TPSA) is 75.9 Å². The number of aromatic nitrogens is 4. The normalized spacial score (nSPS) is 15.2. The minimum Gasteiger partial charge on any atom is -0.331 e. The number of nitrogens with one attached hydrogen (secondary N) is 1. The molecule has 1 atom stereocenters. The second kappa shape index (κ2) is 7.42. The van der Waals surface area contributed by atoms with Gasteiger partial charge in [-0.15, -0.1) is 10.2 Å². The fourth-order valence-corrected chi connectivity index (χ4v) is 2.95. The summed E-state index contributed by atoms with van der Waals surface area (Å²) in [5.41, 5.74) is 0.867. The SMILES string of the molecule is CC(c1ccccn1)N(C)C(=O)NCc1nnc2n1CCCCC2. The van der Waals surface area contributed by atoms with Crippen LogP contribution in [-0.2, 0) is 19.5 Å². The Morgan fingerprint density at radius 1 is 1.33 bits per heavy atom. The van der Waals surface area contributed by atoms with Crippen LogP contribution in [0.3, 0.4) is 0 Å². The van der Waals surface area contributed by atoms with E-state index in [9.17, 15) is 4.79 Å². The fraction of sp³-hybridized carbons (Fsp3) is 0.529. The Kier molecular flexibility index (Phi) is 5.08. The highest BCUT2D eigenvalue weighted by atomic mass is 16.2. The molecule has 7 heteroatoms. The molecule has 2 aromatic rings. The van der Waals surface area contributed by atoms with E-state index in [0.717, 1.165) is 43.1 Å². The van der Waals surface area contributed by atoms with Crippen molar-refractivity contribution in [1.82, 2.24) is 30.0 Å². The zero-order valence-electron chi connectivity index (χ0n) is 14.3. The van der Waals surface area contributed by atoms with Gasteiger partial charge in [-0.3, -0.25) is 4.98 Å². The zero-order chi connectivity index (χ0) is 16.9. The van der Waals surface area contributed by atoms with Crippen LogP contribution in [-0.4, -0.2) is 37.7 Å². The highest BCUT2D eigenvalue weighted by Gasteiger charge is 2.20. The van der Waals surface area contributed by atoms with Crippen LogP contribution in [0.4, 0.5) is 4.79 Å². The third-order valence-electron chi connectivity index (χ3n) is 4.60. The standard InChI is InChI=1S/C17H24N6O/c1-13(14-8-5-6-10-18-14)22(2)17(24)19-12-16-21-20-15-9-4-3-7-11-23(15)16/h5-6,8,10,13H,3-4,7,9,11-12H2,1-2H3,(H,19,24). The van der Waals surface area contributed by atoms with Gasteiger partial charge in [-0.2, -0.15) is 0 Å². The average Bonchev–Trinajstić information content (AvgIpc) is 2.85. The van der Waals surface area contributed by atoms with Gasteiger partial charge in [-0.25, -0.2) is 4.79 Å². The van der Waals surface area contributed by atoms with Crippen molar-refractivity contribution >= 4 is 6.03 Å². The van der Waals surface area contributed by atoms with Gasteiger partial charge in [0.1, 0.15) is 5.82 Å². The van der Waals surface area contributed by atoms with Crippen molar-refractivity contribution in [2.45, 2.75) is 51.7 Å². The molecule has 3 heterocycles. The molecule has 128 valence electrons. The van der Waals surface area contributed by atoms with Gasteiger partial charge in [0.15, 0.2) is 5.82 Å². The molecule has 0 aromatic carbocycles. The molecule has 2 amide bonds. The number of fused-ring (bicyclic) bond motifs is 1. The summed E-state index contributed by atoms with van der Waals surface area (Å²) in [4.78, 5) is 18.4. The number of hydrogen-bond donors (Lipinski definition) is 1. The minimum atomic E-state index is -0.140. The summed E-state index contributed by atoms with van der Waals surface area (Å²) in [6.45, 7) is 3.30. The summed E-state index contributed by atoms with van der Waals surface area (Å²) in [6, 6.07) is 5.48. The lowest BCUT2D eigenvalue weighted by Crippen LogP contribution is -2.39. The third-order valence-corrected chi connectivity index (χ3v) is 4.60. The van der Waals surface area contributed by atoms with Crippen molar-refractivity contribution < 1.29 is 4.79 Å². The molecule has 0 bridgehead atoms. The van der Waals surface area contributed by atoms with Crippen LogP contribution in [0.5, 0.6) is 0 Å². The van der Waals surface area contributed by atoms with Crippen molar-refractivity contribution in [1.29, 1.82) is 0 Å². The molecule has 1 aliphatic heterocycles. The predicted molar refractivity (Wildman–Crippen MR) is 90.2 cm³/mol. The minimum absolute atomic E-state index is 0.0956. The van der Waals surface area contributed by atoms with Gasteiger partial charge < -0.3 is 14.8 Å². The van der Waals surface area contributed by atoms with E-state index in [0.29, 0.717) is 6.54 Å². The first-order valence-corrected chi connectivity index (χ1v) is 8.49. The highest BCUT2D eigenvalue weighted by molar-refractivity contribution is 5.74. The van der Waals surface area contributed by atoms with Crippen LogP contribution in [0.15, 0.2) is 24.4 Å². The van der Waals surface area contributed by atoms with Gasteiger partial charge in [0.05, 0.1) is 18.3 Å². The van der Waals surface area contributed by atoms with Gasteiger partial charge >= 0.3 is 6.03 Å². The molecule has 0 aliphatic carbocycles. The summed E-state index contributed by atoms with van der Waals surface area (Å²) in [5.74, 6) is 1.87. The van der Waals surface area contributed by atoms with E-state index in [-0.39, 0.29) is 12.1 Å². The van der Waals surface area contributed by atoms with E-state index < -0.39 is 0 Å². The largest absolute Gasteiger partial charge is 0.331 e. The molecule has 0 radical (unpaired) electrons. The monoisotopic (exact) mass is 328 g/mol. The molecule has 0 spiro atoms. The van der Waals surface area contributed by atoms with Crippen LogP contribution < -0.4 is 5.32 Å². The van der Waals surface area contributed by atoms with Gasteiger partial charge in [-0.1, -0.05) is 12.5 Å². The summed E-state index contributed by atoms with van der Waals surface area (Å²) in [7, 11) is 1.78.